The molecule has 4 aliphatic rings. The fourth-order valence-corrected chi connectivity index (χ4v) is 8.68. The third kappa shape index (κ3) is 6.68. The Bertz CT molecular complexity index is 1470. The number of rotatable bonds is 8. The minimum atomic E-state index is -3.61. The van der Waals surface area contributed by atoms with Crippen LogP contribution in [0, 0.1) is 11.8 Å². The summed E-state index contributed by atoms with van der Waals surface area (Å²) in [5, 5.41) is 15.8. The summed E-state index contributed by atoms with van der Waals surface area (Å²) in [5.41, 5.74) is 3.37. The lowest BCUT2D eigenvalue weighted by Crippen LogP contribution is -2.51. The third-order valence-electron chi connectivity index (χ3n) is 9.85. The van der Waals surface area contributed by atoms with Crippen molar-refractivity contribution in [2.75, 3.05) is 37.0 Å². The number of anilines is 1. The summed E-state index contributed by atoms with van der Waals surface area (Å²) in [6, 6.07) is 11.4. The zero-order chi connectivity index (χ0) is 30.4. The van der Waals surface area contributed by atoms with E-state index in [-0.39, 0.29) is 28.9 Å². The molecule has 1 saturated heterocycles. The Balaban J connectivity index is 1.24. The lowest BCUT2D eigenvalue weighted by molar-refractivity contribution is -0.126. The lowest BCUT2D eigenvalue weighted by atomic mass is 9.67. The molecule has 234 valence electrons. The van der Waals surface area contributed by atoms with E-state index in [4.69, 9.17) is 31.0 Å². The van der Waals surface area contributed by atoms with Crippen LogP contribution in [0.5, 0.6) is 5.75 Å². The Morgan fingerprint density at radius 3 is 2.81 bits per heavy atom. The van der Waals surface area contributed by atoms with Gasteiger partial charge >= 0.3 is 5.97 Å². The maximum absolute atomic E-state index is 12.0. The lowest BCUT2D eigenvalue weighted by Gasteiger charge is -2.48. The van der Waals surface area contributed by atoms with Gasteiger partial charge in [-0.1, -0.05) is 17.7 Å². The van der Waals surface area contributed by atoms with Gasteiger partial charge < -0.3 is 24.2 Å². The molecule has 2 fully saturated rings. The van der Waals surface area contributed by atoms with Crippen LogP contribution in [0.3, 0.4) is 0 Å². The Morgan fingerprint density at radius 1 is 1.23 bits per heavy atom. The van der Waals surface area contributed by atoms with Gasteiger partial charge in [-0.25, -0.2) is 18.4 Å². The maximum Gasteiger partial charge on any atom is 0.335 e. The zero-order valence-electron chi connectivity index (χ0n) is 24.5. The molecule has 0 aromatic heterocycles. The normalized spacial score (nSPS) is 29.5. The number of halogens is 1. The molecule has 2 heterocycles. The summed E-state index contributed by atoms with van der Waals surface area (Å²) < 4.78 is 41.9. The average Bonchev–Trinajstić information content (AvgIpc) is 3.07. The minimum Gasteiger partial charge on any atom is -0.490 e. The molecule has 2 aliphatic heterocycles. The Kier molecular flexibility index (Phi) is 8.69. The summed E-state index contributed by atoms with van der Waals surface area (Å²) in [4.78, 5) is 14.3. The van der Waals surface area contributed by atoms with Crippen LogP contribution in [0.2, 0.25) is 5.02 Å². The largest absolute Gasteiger partial charge is 0.490 e. The van der Waals surface area contributed by atoms with Crippen molar-refractivity contribution in [3.63, 3.8) is 0 Å². The molecule has 2 aromatic rings. The first kappa shape index (κ1) is 30.6. The number of ether oxygens (including phenoxy) is 3. The number of aryl methyl sites for hydroxylation is 1. The molecule has 6 rings (SSSR count). The number of fused-ring (bicyclic) bond motifs is 3. The molecule has 43 heavy (non-hydrogen) atoms. The van der Waals surface area contributed by atoms with Crippen molar-refractivity contribution in [2.24, 2.45) is 17.0 Å². The first-order valence-electron chi connectivity index (χ1n) is 15.3. The first-order valence-corrected chi connectivity index (χ1v) is 17.4. The second-order valence-electron chi connectivity index (χ2n) is 12.9. The van der Waals surface area contributed by atoms with Crippen molar-refractivity contribution in [3.8, 4) is 5.75 Å². The van der Waals surface area contributed by atoms with Crippen LogP contribution < -0.4 is 14.8 Å². The Labute approximate surface area is 258 Å². The number of hydrogen-bond donors (Lipinski definition) is 2. The smallest absolute Gasteiger partial charge is 0.335 e. The van der Waals surface area contributed by atoms with Crippen molar-refractivity contribution in [1.82, 2.24) is 0 Å². The molecule has 9 nitrogen and oxygen atoms in total. The molecule has 6 atom stereocenters. The number of aromatic carboxylic acids is 1. The van der Waals surface area contributed by atoms with Gasteiger partial charge in [0.2, 0.25) is 10.0 Å². The standard InChI is InChI=1S/C32H41ClN2O7S/c1-20(17-43(34,38)39)42-25-10-12-40-30(15-25)26-7-4-23(26)16-35-18-32(11-2-3-21-13-24(33)6-8-27(21)32)19-41-29-9-5-22(31(36)37)14-28(29)35/h5-6,8-9,13-14,20,23,25-26,30H,2-4,7,10-12,15-19H2,1H3,(H,36,37)(H2,34,38,39)/t20?,23-,25-,26+,30+,32-/m0/s1. The molecule has 0 bridgehead atoms. The molecule has 11 heteroatoms. The fraction of sp³-hybridized carbons (Fsp3) is 0.594. The van der Waals surface area contributed by atoms with Gasteiger partial charge in [-0.15, -0.1) is 0 Å². The van der Waals surface area contributed by atoms with Crippen molar-refractivity contribution in [3.05, 3.63) is 58.1 Å². The van der Waals surface area contributed by atoms with Crippen LogP contribution in [-0.2, 0) is 31.3 Å². The van der Waals surface area contributed by atoms with Gasteiger partial charge in [0.15, 0.2) is 0 Å². The van der Waals surface area contributed by atoms with Gasteiger partial charge in [-0.3, -0.25) is 0 Å². The molecule has 1 spiro atoms. The SMILES string of the molecule is CC(CS(N)(=O)=O)O[C@H]1CCO[C@@H]([C@@H]2CC[C@H]2CN2C[C@@]3(CCCc4cc(Cl)ccc43)COc3ccc(C(=O)O)cc32)C1. The van der Waals surface area contributed by atoms with E-state index in [2.05, 4.69) is 17.0 Å². The number of primary sulfonamides is 1. The Hall–Kier alpha value is -2.37. The highest BCUT2D eigenvalue weighted by atomic mass is 35.5. The molecule has 0 amide bonds. The number of hydrogen-bond acceptors (Lipinski definition) is 7. The summed E-state index contributed by atoms with van der Waals surface area (Å²) in [5.74, 6) is 0.246. The van der Waals surface area contributed by atoms with E-state index in [1.54, 1.807) is 25.1 Å². The molecule has 2 aromatic carbocycles. The van der Waals surface area contributed by atoms with E-state index in [0.29, 0.717) is 30.8 Å². The molecule has 2 aliphatic carbocycles. The highest BCUT2D eigenvalue weighted by Crippen LogP contribution is 2.47. The van der Waals surface area contributed by atoms with Crippen molar-refractivity contribution >= 4 is 33.3 Å². The molecular weight excluding hydrogens is 592 g/mol. The first-order chi connectivity index (χ1) is 20.5. The van der Waals surface area contributed by atoms with Gasteiger partial charge in [-0.05, 0) is 98.7 Å². The minimum absolute atomic E-state index is 0.0266. The van der Waals surface area contributed by atoms with E-state index in [1.165, 1.54) is 11.1 Å². The molecule has 1 unspecified atom stereocenters. The highest BCUT2D eigenvalue weighted by molar-refractivity contribution is 7.89. The van der Waals surface area contributed by atoms with Crippen LogP contribution >= 0.6 is 11.6 Å². The van der Waals surface area contributed by atoms with E-state index >= 15 is 0 Å². The molecular formula is C32H41ClN2O7S. The van der Waals surface area contributed by atoms with Gasteiger partial charge in [-0.2, -0.15) is 0 Å². The number of carboxylic acids is 1. The van der Waals surface area contributed by atoms with Gasteiger partial charge in [0.1, 0.15) is 5.75 Å². The summed E-state index contributed by atoms with van der Waals surface area (Å²) in [6.07, 6.45) is 6.03. The van der Waals surface area contributed by atoms with Crippen LogP contribution in [-0.4, -0.2) is 69.9 Å². The average molecular weight is 633 g/mol. The predicted octanol–water partition coefficient (Wildman–Crippen LogP) is 4.78. The van der Waals surface area contributed by atoms with E-state index in [9.17, 15) is 18.3 Å². The number of sulfonamides is 1. The predicted molar refractivity (Wildman–Crippen MR) is 165 cm³/mol. The van der Waals surface area contributed by atoms with Crippen molar-refractivity contribution < 1.29 is 32.5 Å². The van der Waals surface area contributed by atoms with Crippen LogP contribution in [0.1, 0.15) is 66.9 Å². The summed E-state index contributed by atoms with van der Waals surface area (Å²) in [7, 11) is -3.61. The maximum atomic E-state index is 12.0. The number of benzene rings is 2. The van der Waals surface area contributed by atoms with E-state index < -0.39 is 22.1 Å². The van der Waals surface area contributed by atoms with Crippen LogP contribution in [0.15, 0.2) is 36.4 Å². The quantitative estimate of drug-likeness (QED) is 0.426. The third-order valence-corrected chi connectivity index (χ3v) is 11.0. The van der Waals surface area contributed by atoms with Gasteiger partial charge in [0.25, 0.3) is 0 Å². The van der Waals surface area contributed by atoms with E-state index in [0.717, 1.165) is 68.7 Å². The van der Waals surface area contributed by atoms with Crippen molar-refractivity contribution in [1.29, 1.82) is 0 Å². The van der Waals surface area contributed by atoms with Gasteiger partial charge in [0, 0.05) is 36.6 Å². The van der Waals surface area contributed by atoms with Crippen LogP contribution in [0.4, 0.5) is 5.69 Å². The zero-order valence-corrected chi connectivity index (χ0v) is 26.1. The Morgan fingerprint density at radius 2 is 2.07 bits per heavy atom. The van der Waals surface area contributed by atoms with Gasteiger partial charge in [0.05, 0.1) is 41.9 Å². The number of nitrogens with two attached hydrogens (primary N) is 1. The second kappa shape index (κ2) is 12.2. The molecule has 0 radical (unpaired) electrons. The topological polar surface area (TPSA) is 128 Å². The van der Waals surface area contributed by atoms with Crippen molar-refractivity contribution in [2.45, 2.75) is 75.6 Å². The number of carbonyl (C=O) groups is 1. The van der Waals surface area contributed by atoms with E-state index in [1.807, 2.05) is 6.07 Å². The number of nitrogens with zero attached hydrogens (tertiary/aromatic N) is 1. The number of carboxylic acid groups (broad SMARTS) is 1. The molecule has 3 N–H and O–H groups in total. The molecule has 1 saturated carbocycles. The monoisotopic (exact) mass is 632 g/mol. The van der Waals surface area contributed by atoms with Crippen LogP contribution in [0.25, 0.3) is 0 Å². The second-order valence-corrected chi connectivity index (χ2v) is 15.0. The summed E-state index contributed by atoms with van der Waals surface area (Å²) in [6.45, 7) is 4.34. The summed E-state index contributed by atoms with van der Waals surface area (Å²) >= 11 is 6.39. The fourth-order valence-electron chi connectivity index (χ4n) is 7.75. The highest BCUT2D eigenvalue weighted by Gasteiger charge is 2.45.